The monoisotopic (exact) mass is 405 g/mol. The van der Waals surface area contributed by atoms with E-state index in [0.29, 0.717) is 19.5 Å². The van der Waals surface area contributed by atoms with Gasteiger partial charge in [-0.05, 0) is 62.1 Å². The lowest BCUT2D eigenvalue weighted by Crippen LogP contribution is -2.48. The van der Waals surface area contributed by atoms with E-state index in [1.54, 1.807) is 11.2 Å². The normalized spacial score (nSPS) is 14.7. The predicted octanol–water partition coefficient (Wildman–Crippen LogP) is 4.40. The quantitative estimate of drug-likeness (QED) is 0.675. The van der Waals surface area contributed by atoms with Gasteiger partial charge in [-0.25, -0.2) is 4.79 Å². The number of anilines is 1. The van der Waals surface area contributed by atoms with Crippen molar-refractivity contribution in [1.29, 1.82) is 0 Å². The molecule has 1 fully saturated rings. The van der Waals surface area contributed by atoms with Crippen LogP contribution in [-0.2, 0) is 11.2 Å². The number of rotatable bonds is 4. The van der Waals surface area contributed by atoms with Crippen LogP contribution in [0.2, 0.25) is 0 Å². The minimum atomic E-state index is -0.0958. The third kappa shape index (κ3) is 4.48. The van der Waals surface area contributed by atoms with Crippen molar-refractivity contribution in [1.82, 2.24) is 10.2 Å². The zero-order valence-corrected chi connectivity index (χ0v) is 17.4. The minimum Gasteiger partial charge on any atom is -0.464 e. The number of hydrogen-bond acceptors (Lipinski definition) is 3. The van der Waals surface area contributed by atoms with Gasteiger partial charge >= 0.3 is 6.03 Å². The highest BCUT2D eigenvalue weighted by molar-refractivity contribution is 5.90. The summed E-state index contributed by atoms with van der Waals surface area (Å²) in [4.78, 5) is 26.8. The van der Waals surface area contributed by atoms with Gasteiger partial charge in [0.1, 0.15) is 5.58 Å². The van der Waals surface area contributed by atoms with Crippen molar-refractivity contribution < 1.29 is 14.0 Å². The van der Waals surface area contributed by atoms with Gasteiger partial charge in [-0.15, -0.1) is 0 Å². The van der Waals surface area contributed by atoms with Crippen LogP contribution in [0.4, 0.5) is 10.5 Å². The van der Waals surface area contributed by atoms with Crippen LogP contribution in [0.25, 0.3) is 11.0 Å². The Hall–Kier alpha value is -3.28. The Morgan fingerprint density at radius 1 is 1.07 bits per heavy atom. The summed E-state index contributed by atoms with van der Waals surface area (Å²) in [6.07, 6.45) is 3.47. The van der Waals surface area contributed by atoms with Crippen LogP contribution in [-0.4, -0.2) is 36.0 Å². The first-order valence-electron chi connectivity index (χ1n) is 10.4. The Morgan fingerprint density at radius 2 is 1.77 bits per heavy atom. The average molecular weight is 405 g/mol. The van der Waals surface area contributed by atoms with Crippen molar-refractivity contribution in [3.05, 3.63) is 65.4 Å². The van der Waals surface area contributed by atoms with E-state index in [9.17, 15) is 9.59 Å². The van der Waals surface area contributed by atoms with Gasteiger partial charge in [-0.3, -0.25) is 4.79 Å². The molecule has 1 aliphatic heterocycles. The van der Waals surface area contributed by atoms with Crippen molar-refractivity contribution in [2.75, 3.05) is 18.4 Å². The summed E-state index contributed by atoms with van der Waals surface area (Å²) in [5.74, 6) is -0.0110. The average Bonchev–Trinajstić information content (AvgIpc) is 3.11. The van der Waals surface area contributed by atoms with Crippen LogP contribution in [0, 0.1) is 13.8 Å². The number of urea groups is 1. The summed E-state index contributed by atoms with van der Waals surface area (Å²) in [6, 6.07) is 13.5. The number of carbonyl (C=O) groups excluding carboxylic acids is 2. The number of hydrogen-bond donors (Lipinski definition) is 2. The fourth-order valence-electron chi connectivity index (χ4n) is 3.88. The summed E-state index contributed by atoms with van der Waals surface area (Å²) >= 11 is 0. The summed E-state index contributed by atoms with van der Waals surface area (Å²) in [5, 5.41) is 7.03. The molecule has 0 unspecified atom stereocenters. The molecule has 0 radical (unpaired) electrons. The van der Waals surface area contributed by atoms with Crippen molar-refractivity contribution in [3.63, 3.8) is 0 Å². The standard InChI is InChI=1S/C24H27N3O3/c1-16-12-21-18(15-30-22(21)13-17(16)2)14-23(28)25-20-8-10-27(11-9-20)24(29)26-19-6-4-3-5-7-19/h3-7,12-13,15,20H,8-11,14H2,1-2H3,(H,25,28)(H,26,29). The van der Waals surface area contributed by atoms with Crippen molar-refractivity contribution in [3.8, 4) is 0 Å². The number of likely N-dealkylation sites (tertiary alicyclic amines) is 1. The van der Waals surface area contributed by atoms with E-state index >= 15 is 0 Å². The van der Waals surface area contributed by atoms with Gasteiger partial charge < -0.3 is 20.0 Å². The van der Waals surface area contributed by atoms with Crippen LogP contribution >= 0.6 is 0 Å². The number of fused-ring (bicyclic) bond motifs is 1. The van der Waals surface area contributed by atoms with E-state index in [2.05, 4.69) is 30.5 Å². The number of nitrogens with one attached hydrogen (secondary N) is 2. The number of nitrogens with zero attached hydrogens (tertiary/aromatic N) is 1. The molecular weight excluding hydrogens is 378 g/mol. The van der Waals surface area contributed by atoms with Gasteiger partial charge in [0.15, 0.2) is 0 Å². The lowest BCUT2D eigenvalue weighted by Gasteiger charge is -2.32. The van der Waals surface area contributed by atoms with Gasteiger partial charge in [0, 0.05) is 35.8 Å². The van der Waals surface area contributed by atoms with Crippen molar-refractivity contribution >= 4 is 28.6 Å². The molecule has 6 heteroatoms. The van der Waals surface area contributed by atoms with Crippen molar-refractivity contribution in [2.45, 2.75) is 39.2 Å². The molecule has 4 rings (SSSR count). The molecule has 0 bridgehead atoms. The summed E-state index contributed by atoms with van der Waals surface area (Å²) in [5.41, 5.74) is 4.88. The van der Waals surface area contributed by atoms with Gasteiger partial charge in [-0.2, -0.15) is 0 Å². The van der Waals surface area contributed by atoms with E-state index < -0.39 is 0 Å². The number of benzene rings is 2. The van der Waals surface area contributed by atoms with Crippen LogP contribution in [0.3, 0.4) is 0 Å². The molecule has 0 aliphatic carbocycles. The third-order valence-corrected chi connectivity index (χ3v) is 5.79. The number of carbonyl (C=O) groups is 2. The molecule has 3 amide bonds. The van der Waals surface area contributed by atoms with Crippen LogP contribution < -0.4 is 10.6 Å². The summed E-state index contributed by atoms with van der Waals surface area (Å²) in [7, 11) is 0. The molecule has 6 nitrogen and oxygen atoms in total. The highest BCUT2D eigenvalue weighted by atomic mass is 16.3. The number of piperidine rings is 1. The predicted molar refractivity (Wildman–Crippen MR) is 118 cm³/mol. The van der Waals surface area contributed by atoms with Gasteiger partial charge in [0.25, 0.3) is 0 Å². The molecule has 1 aliphatic rings. The molecule has 0 saturated carbocycles. The zero-order valence-electron chi connectivity index (χ0n) is 17.4. The highest BCUT2D eigenvalue weighted by Gasteiger charge is 2.24. The topological polar surface area (TPSA) is 74.6 Å². The van der Waals surface area contributed by atoms with Gasteiger partial charge in [-0.1, -0.05) is 18.2 Å². The van der Waals surface area contributed by atoms with E-state index in [4.69, 9.17) is 4.42 Å². The van der Waals surface area contributed by atoms with Crippen molar-refractivity contribution in [2.24, 2.45) is 0 Å². The van der Waals surface area contributed by atoms with Gasteiger partial charge in [0.2, 0.25) is 5.91 Å². The fraction of sp³-hybridized carbons (Fsp3) is 0.333. The second-order valence-corrected chi connectivity index (χ2v) is 8.00. The largest absolute Gasteiger partial charge is 0.464 e. The molecule has 1 saturated heterocycles. The molecule has 156 valence electrons. The van der Waals surface area contributed by atoms with E-state index in [0.717, 1.165) is 35.1 Å². The smallest absolute Gasteiger partial charge is 0.321 e. The third-order valence-electron chi connectivity index (χ3n) is 5.79. The lowest BCUT2D eigenvalue weighted by atomic mass is 10.0. The minimum absolute atomic E-state index is 0.0110. The summed E-state index contributed by atoms with van der Waals surface area (Å²) in [6.45, 7) is 5.36. The molecule has 0 atom stereocenters. The van der Waals surface area contributed by atoms with Crippen LogP contribution in [0.5, 0.6) is 0 Å². The van der Waals surface area contributed by atoms with E-state index in [1.807, 2.05) is 36.4 Å². The SMILES string of the molecule is Cc1cc2occ(CC(=O)NC3CCN(C(=O)Nc4ccccc4)CC3)c2cc1C. The Balaban J connectivity index is 1.28. The number of aryl methyl sites for hydroxylation is 2. The number of amides is 3. The molecular formula is C24H27N3O3. The number of para-hydroxylation sites is 1. The first-order valence-corrected chi connectivity index (χ1v) is 10.4. The molecule has 0 spiro atoms. The highest BCUT2D eigenvalue weighted by Crippen LogP contribution is 2.25. The second-order valence-electron chi connectivity index (χ2n) is 8.00. The van der Waals surface area contributed by atoms with Crippen LogP contribution in [0.15, 0.2) is 53.1 Å². The van der Waals surface area contributed by atoms with E-state index in [1.165, 1.54) is 11.1 Å². The Kier molecular flexibility index (Phi) is 5.74. The second kappa shape index (κ2) is 8.61. The molecule has 2 N–H and O–H groups in total. The number of furan rings is 1. The van der Waals surface area contributed by atoms with E-state index in [-0.39, 0.29) is 18.0 Å². The maximum Gasteiger partial charge on any atom is 0.321 e. The Bertz CT molecular complexity index is 1050. The summed E-state index contributed by atoms with van der Waals surface area (Å²) < 4.78 is 5.63. The first kappa shape index (κ1) is 20.0. The molecule has 2 heterocycles. The lowest BCUT2D eigenvalue weighted by molar-refractivity contribution is -0.121. The molecule has 3 aromatic rings. The Morgan fingerprint density at radius 3 is 2.50 bits per heavy atom. The van der Waals surface area contributed by atoms with Crippen LogP contribution in [0.1, 0.15) is 29.5 Å². The Labute approximate surface area is 176 Å². The molecule has 2 aromatic carbocycles. The maximum absolute atomic E-state index is 12.6. The first-order chi connectivity index (χ1) is 14.5. The zero-order chi connectivity index (χ0) is 21.1. The molecule has 1 aromatic heterocycles. The fourth-order valence-corrected chi connectivity index (χ4v) is 3.88. The maximum atomic E-state index is 12.6. The van der Waals surface area contributed by atoms with Gasteiger partial charge in [0.05, 0.1) is 12.7 Å². The molecule has 30 heavy (non-hydrogen) atoms.